The Kier molecular flexibility index (Phi) is 7.05. The highest BCUT2D eigenvalue weighted by atomic mass is 16.5. The molecule has 2 saturated heterocycles. The summed E-state index contributed by atoms with van der Waals surface area (Å²) in [6.07, 6.45) is 1.41. The van der Waals surface area contributed by atoms with Gasteiger partial charge in [-0.1, -0.05) is 29.8 Å². The van der Waals surface area contributed by atoms with Crippen LogP contribution < -0.4 is 9.64 Å². The first-order chi connectivity index (χ1) is 15.3. The lowest BCUT2D eigenvalue weighted by atomic mass is 9.90. The fourth-order valence-corrected chi connectivity index (χ4v) is 4.65. The zero-order valence-electron chi connectivity index (χ0n) is 19.3. The maximum Gasteiger partial charge on any atom is 0.134 e. The van der Waals surface area contributed by atoms with E-state index in [-0.39, 0.29) is 13.2 Å². The first kappa shape index (κ1) is 23.1. The normalized spacial score (nSPS) is 24.2. The second-order valence-electron chi connectivity index (χ2n) is 9.64. The van der Waals surface area contributed by atoms with E-state index in [1.807, 2.05) is 31.2 Å². The van der Waals surface area contributed by atoms with E-state index in [2.05, 4.69) is 41.0 Å². The molecule has 6 nitrogen and oxygen atoms in total. The molecule has 0 radical (unpaired) electrons. The van der Waals surface area contributed by atoms with E-state index >= 15 is 0 Å². The fourth-order valence-electron chi connectivity index (χ4n) is 4.65. The molecule has 174 valence electrons. The van der Waals surface area contributed by atoms with E-state index in [4.69, 9.17) is 9.47 Å². The summed E-state index contributed by atoms with van der Waals surface area (Å²) >= 11 is 0. The Hall–Kier alpha value is -2.12. The van der Waals surface area contributed by atoms with E-state index in [9.17, 15) is 10.2 Å². The van der Waals surface area contributed by atoms with Crippen molar-refractivity contribution in [2.24, 2.45) is 0 Å². The lowest BCUT2D eigenvalue weighted by Gasteiger charge is -2.42. The molecule has 0 bridgehead atoms. The SMILES string of the molecule is Cc1ccc(OCC2(O)COCCN(CC3(O)CCN(c4cccc(C)c4)CC3)C2)cc1. The van der Waals surface area contributed by atoms with Gasteiger partial charge in [0, 0.05) is 38.4 Å². The highest BCUT2D eigenvalue weighted by molar-refractivity contribution is 5.48. The third-order valence-corrected chi connectivity index (χ3v) is 6.55. The fraction of sp³-hybridized carbons (Fsp3) is 0.538. The van der Waals surface area contributed by atoms with Crippen LogP contribution in [-0.2, 0) is 4.74 Å². The van der Waals surface area contributed by atoms with Crippen molar-refractivity contribution in [1.82, 2.24) is 4.90 Å². The van der Waals surface area contributed by atoms with Gasteiger partial charge < -0.3 is 24.6 Å². The minimum atomic E-state index is -1.11. The molecule has 32 heavy (non-hydrogen) atoms. The molecule has 2 N–H and O–H groups in total. The first-order valence-corrected chi connectivity index (χ1v) is 11.6. The predicted molar refractivity (Wildman–Crippen MR) is 126 cm³/mol. The van der Waals surface area contributed by atoms with E-state index in [1.165, 1.54) is 16.8 Å². The largest absolute Gasteiger partial charge is 0.490 e. The van der Waals surface area contributed by atoms with E-state index < -0.39 is 11.2 Å². The van der Waals surface area contributed by atoms with Crippen LogP contribution in [-0.4, -0.2) is 78.9 Å². The number of aryl methyl sites for hydroxylation is 2. The molecule has 2 aliphatic rings. The maximum atomic E-state index is 11.3. The zero-order valence-corrected chi connectivity index (χ0v) is 19.3. The lowest BCUT2D eigenvalue weighted by Crippen LogP contribution is -2.55. The average molecular weight is 441 g/mol. The number of nitrogens with zero attached hydrogens (tertiary/aromatic N) is 2. The molecular formula is C26H36N2O4. The summed E-state index contributed by atoms with van der Waals surface area (Å²) in [6.45, 7) is 8.36. The number of hydrogen-bond donors (Lipinski definition) is 2. The van der Waals surface area contributed by atoms with Crippen LogP contribution in [0.1, 0.15) is 24.0 Å². The zero-order chi connectivity index (χ0) is 22.6. The van der Waals surface area contributed by atoms with Gasteiger partial charge in [-0.3, -0.25) is 4.90 Å². The van der Waals surface area contributed by atoms with Crippen LogP contribution in [0.4, 0.5) is 5.69 Å². The van der Waals surface area contributed by atoms with Crippen molar-refractivity contribution in [2.75, 3.05) is 57.4 Å². The quantitative estimate of drug-likeness (QED) is 0.720. The van der Waals surface area contributed by atoms with Gasteiger partial charge in [-0.25, -0.2) is 0 Å². The first-order valence-electron chi connectivity index (χ1n) is 11.6. The second-order valence-corrected chi connectivity index (χ2v) is 9.64. The smallest absolute Gasteiger partial charge is 0.134 e. The topological polar surface area (TPSA) is 65.4 Å². The minimum Gasteiger partial charge on any atom is -0.490 e. The summed E-state index contributed by atoms with van der Waals surface area (Å²) in [5.74, 6) is 0.738. The van der Waals surface area contributed by atoms with Gasteiger partial charge >= 0.3 is 0 Å². The highest BCUT2D eigenvalue weighted by Gasteiger charge is 2.39. The number of ether oxygens (including phenoxy) is 2. The number of β-amino-alcohol motifs (C(OH)–C–C–N with tert-alkyl or cyclic N) is 2. The molecule has 0 saturated carbocycles. The van der Waals surface area contributed by atoms with Gasteiger partial charge in [0.15, 0.2) is 0 Å². The number of aliphatic hydroxyl groups is 2. The van der Waals surface area contributed by atoms with Crippen molar-refractivity contribution < 1.29 is 19.7 Å². The Labute approximate surface area is 191 Å². The van der Waals surface area contributed by atoms with Crippen LogP contribution in [0.25, 0.3) is 0 Å². The Morgan fingerprint density at radius 1 is 0.938 bits per heavy atom. The molecule has 0 aliphatic carbocycles. The molecule has 2 aliphatic heterocycles. The molecular weight excluding hydrogens is 404 g/mol. The molecule has 4 rings (SSSR count). The molecule has 0 aromatic heterocycles. The molecule has 1 unspecified atom stereocenters. The second kappa shape index (κ2) is 9.79. The predicted octanol–water partition coefficient (Wildman–Crippen LogP) is 2.78. The van der Waals surface area contributed by atoms with Crippen molar-refractivity contribution in [3.05, 3.63) is 59.7 Å². The van der Waals surface area contributed by atoms with Crippen molar-refractivity contribution in [3.8, 4) is 5.75 Å². The van der Waals surface area contributed by atoms with E-state index in [0.29, 0.717) is 39.1 Å². The Balaban J connectivity index is 1.33. The van der Waals surface area contributed by atoms with Crippen LogP contribution in [0.15, 0.2) is 48.5 Å². The highest BCUT2D eigenvalue weighted by Crippen LogP contribution is 2.28. The summed E-state index contributed by atoms with van der Waals surface area (Å²) in [6, 6.07) is 16.3. The standard InChI is InChI=1S/C26H36N2O4/c1-21-6-8-24(9-7-21)32-20-26(30)18-27(14-15-31-19-26)17-25(29)10-12-28(13-11-25)23-5-3-4-22(2)16-23/h3-9,16,29-30H,10-15,17-20H2,1-2H3. The summed E-state index contributed by atoms with van der Waals surface area (Å²) in [7, 11) is 0. The molecule has 2 aromatic carbocycles. The third-order valence-electron chi connectivity index (χ3n) is 6.55. The van der Waals surface area contributed by atoms with Crippen molar-refractivity contribution in [2.45, 2.75) is 37.9 Å². The molecule has 2 heterocycles. The van der Waals surface area contributed by atoms with Crippen LogP contribution in [0.5, 0.6) is 5.75 Å². The summed E-state index contributed by atoms with van der Waals surface area (Å²) in [5, 5.41) is 22.5. The lowest BCUT2D eigenvalue weighted by molar-refractivity contribution is -0.0742. The van der Waals surface area contributed by atoms with Crippen molar-refractivity contribution >= 4 is 5.69 Å². The monoisotopic (exact) mass is 440 g/mol. The van der Waals surface area contributed by atoms with Gasteiger partial charge in [0.05, 0.1) is 18.8 Å². The van der Waals surface area contributed by atoms with Gasteiger partial charge in [0.1, 0.15) is 18.0 Å². The van der Waals surface area contributed by atoms with Gasteiger partial charge in [0.25, 0.3) is 0 Å². The Bertz CT molecular complexity index is 880. The molecule has 6 heteroatoms. The van der Waals surface area contributed by atoms with E-state index in [0.717, 1.165) is 18.8 Å². The van der Waals surface area contributed by atoms with E-state index in [1.54, 1.807) is 0 Å². The van der Waals surface area contributed by atoms with Crippen molar-refractivity contribution in [1.29, 1.82) is 0 Å². The van der Waals surface area contributed by atoms with Crippen molar-refractivity contribution in [3.63, 3.8) is 0 Å². The molecule has 2 aromatic rings. The number of hydrogen-bond acceptors (Lipinski definition) is 6. The van der Waals surface area contributed by atoms with Gasteiger partial charge in [-0.2, -0.15) is 0 Å². The Morgan fingerprint density at radius 2 is 1.69 bits per heavy atom. The number of piperidine rings is 1. The maximum absolute atomic E-state index is 11.3. The summed E-state index contributed by atoms with van der Waals surface area (Å²) < 4.78 is 11.6. The van der Waals surface area contributed by atoms with Gasteiger partial charge in [-0.15, -0.1) is 0 Å². The summed E-state index contributed by atoms with van der Waals surface area (Å²) in [5.41, 5.74) is 1.77. The molecule has 2 fully saturated rings. The number of rotatable bonds is 6. The minimum absolute atomic E-state index is 0.159. The molecule has 1 atom stereocenters. The van der Waals surface area contributed by atoms with Crippen LogP contribution >= 0.6 is 0 Å². The molecule has 0 amide bonds. The van der Waals surface area contributed by atoms with Crippen LogP contribution in [0.3, 0.4) is 0 Å². The van der Waals surface area contributed by atoms with Crippen LogP contribution in [0.2, 0.25) is 0 Å². The molecule has 0 spiro atoms. The van der Waals surface area contributed by atoms with Crippen LogP contribution in [0, 0.1) is 13.8 Å². The average Bonchev–Trinajstić information content (AvgIpc) is 2.95. The third kappa shape index (κ3) is 6.01. The summed E-state index contributed by atoms with van der Waals surface area (Å²) in [4.78, 5) is 4.48. The number of anilines is 1. The van der Waals surface area contributed by atoms with Gasteiger partial charge in [0.2, 0.25) is 0 Å². The Morgan fingerprint density at radius 3 is 2.41 bits per heavy atom. The van der Waals surface area contributed by atoms with Gasteiger partial charge in [-0.05, 0) is 56.5 Å². The number of benzene rings is 2.